The minimum atomic E-state index is -0.217. The largest absolute Gasteiger partial charge is 0.310 e. The fraction of sp³-hybridized carbons (Fsp3) is 0.294. The third-order valence-corrected chi connectivity index (χ3v) is 4.34. The quantitative estimate of drug-likeness (QED) is 0.738. The molecular formula is C17H18BrClFN. The van der Waals surface area contributed by atoms with Crippen LogP contribution in [0.1, 0.15) is 29.7 Å². The van der Waals surface area contributed by atoms with E-state index in [2.05, 4.69) is 34.2 Å². The van der Waals surface area contributed by atoms with Crippen LogP contribution in [0.25, 0.3) is 0 Å². The summed E-state index contributed by atoms with van der Waals surface area (Å²) in [6.07, 6.45) is 0.700. The van der Waals surface area contributed by atoms with Gasteiger partial charge in [-0.2, -0.15) is 0 Å². The fourth-order valence-corrected chi connectivity index (χ4v) is 3.15. The molecule has 112 valence electrons. The van der Waals surface area contributed by atoms with Gasteiger partial charge in [0.25, 0.3) is 0 Å². The molecule has 1 N–H and O–H groups in total. The van der Waals surface area contributed by atoms with Crippen LogP contribution in [-0.4, -0.2) is 6.54 Å². The maximum atomic E-state index is 13.5. The van der Waals surface area contributed by atoms with Crippen molar-refractivity contribution in [3.8, 4) is 0 Å². The van der Waals surface area contributed by atoms with E-state index >= 15 is 0 Å². The molecule has 0 saturated heterocycles. The first-order valence-corrected chi connectivity index (χ1v) is 8.11. The smallest absolute Gasteiger partial charge is 0.123 e. The highest BCUT2D eigenvalue weighted by molar-refractivity contribution is 9.10. The van der Waals surface area contributed by atoms with Crippen molar-refractivity contribution in [2.75, 3.05) is 6.54 Å². The van der Waals surface area contributed by atoms with Crippen molar-refractivity contribution in [2.24, 2.45) is 0 Å². The molecule has 1 atom stereocenters. The van der Waals surface area contributed by atoms with Gasteiger partial charge < -0.3 is 5.32 Å². The predicted molar refractivity (Wildman–Crippen MR) is 90.4 cm³/mol. The Bertz CT molecular complexity index is 610. The summed E-state index contributed by atoms with van der Waals surface area (Å²) < 4.78 is 14.4. The standard InChI is InChI=1S/C17H18BrClFN/c1-3-21-17(13-6-11(2)7-14(19)8-13)10-12-9-15(20)4-5-16(12)18/h4-9,17,21H,3,10H2,1-2H3. The van der Waals surface area contributed by atoms with Crippen LogP contribution in [0.4, 0.5) is 4.39 Å². The Morgan fingerprint density at radius 1 is 1.24 bits per heavy atom. The summed E-state index contributed by atoms with van der Waals surface area (Å²) in [7, 11) is 0. The van der Waals surface area contributed by atoms with Gasteiger partial charge in [-0.3, -0.25) is 0 Å². The van der Waals surface area contributed by atoms with Gasteiger partial charge in [0.1, 0.15) is 5.82 Å². The number of aryl methyl sites for hydroxylation is 1. The average molecular weight is 371 g/mol. The molecule has 0 heterocycles. The van der Waals surface area contributed by atoms with Gasteiger partial charge >= 0.3 is 0 Å². The van der Waals surface area contributed by atoms with Crippen LogP contribution in [-0.2, 0) is 6.42 Å². The van der Waals surface area contributed by atoms with Crippen molar-refractivity contribution in [3.63, 3.8) is 0 Å². The minimum Gasteiger partial charge on any atom is -0.310 e. The van der Waals surface area contributed by atoms with Crippen molar-refractivity contribution < 1.29 is 4.39 Å². The number of rotatable bonds is 5. The molecule has 2 rings (SSSR count). The third kappa shape index (κ3) is 4.53. The van der Waals surface area contributed by atoms with E-state index in [9.17, 15) is 4.39 Å². The van der Waals surface area contributed by atoms with E-state index in [1.807, 2.05) is 19.1 Å². The van der Waals surface area contributed by atoms with Gasteiger partial charge in [0.2, 0.25) is 0 Å². The van der Waals surface area contributed by atoms with Gasteiger partial charge in [0.05, 0.1) is 0 Å². The normalized spacial score (nSPS) is 12.4. The lowest BCUT2D eigenvalue weighted by atomic mass is 9.97. The highest BCUT2D eigenvalue weighted by atomic mass is 79.9. The SMILES string of the molecule is CCNC(Cc1cc(F)ccc1Br)c1cc(C)cc(Cl)c1. The molecule has 2 aromatic rings. The molecule has 0 radical (unpaired) electrons. The number of hydrogen-bond acceptors (Lipinski definition) is 1. The van der Waals surface area contributed by atoms with Gasteiger partial charge in [-0.15, -0.1) is 0 Å². The number of halogens is 3. The van der Waals surface area contributed by atoms with Crippen LogP contribution < -0.4 is 5.32 Å². The summed E-state index contributed by atoms with van der Waals surface area (Å²) in [6, 6.07) is 10.9. The Kier molecular flexibility index (Phi) is 5.80. The Morgan fingerprint density at radius 3 is 2.67 bits per heavy atom. The molecule has 21 heavy (non-hydrogen) atoms. The highest BCUT2D eigenvalue weighted by Gasteiger charge is 2.14. The first-order valence-electron chi connectivity index (χ1n) is 6.94. The Balaban J connectivity index is 2.32. The molecular weight excluding hydrogens is 353 g/mol. The molecule has 0 aliphatic heterocycles. The average Bonchev–Trinajstić information content (AvgIpc) is 2.41. The monoisotopic (exact) mass is 369 g/mol. The number of hydrogen-bond donors (Lipinski definition) is 1. The zero-order valence-corrected chi connectivity index (χ0v) is 14.4. The molecule has 0 aliphatic carbocycles. The second-order valence-electron chi connectivity index (χ2n) is 5.11. The van der Waals surface area contributed by atoms with E-state index in [4.69, 9.17) is 11.6 Å². The summed E-state index contributed by atoms with van der Waals surface area (Å²) in [5.74, 6) is -0.217. The lowest BCUT2D eigenvalue weighted by Crippen LogP contribution is -2.23. The maximum Gasteiger partial charge on any atom is 0.123 e. The van der Waals surface area contributed by atoms with E-state index in [0.29, 0.717) is 6.42 Å². The lowest BCUT2D eigenvalue weighted by Gasteiger charge is -2.20. The zero-order chi connectivity index (χ0) is 15.4. The van der Waals surface area contributed by atoms with Crippen LogP contribution >= 0.6 is 27.5 Å². The van der Waals surface area contributed by atoms with Crippen molar-refractivity contribution in [1.29, 1.82) is 0 Å². The molecule has 0 bridgehead atoms. The van der Waals surface area contributed by atoms with Crippen molar-refractivity contribution in [3.05, 3.63) is 68.4 Å². The summed E-state index contributed by atoms with van der Waals surface area (Å²) in [5.41, 5.74) is 3.19. The van der Waals surface area contributed by atoms with Crippen LogP contribution in [0, 0.1) is 12.7 Å². The van der Waals surface area contributed by atoms with Crippen LogP contribution in [0.15, 0.2) is 40.9 Å². The molecule has 0 aromatic heterocycles. The molecule has 0 saturated carbocycles. The molecule has 1 nitrogen and oxygen atoms in total. The van der Waals surface area contributed by atoms with Gasteiger partial charge in [0, 0.05) is 15.5 Å². The van der Waals surface area contributed by atoms with E-state index in [1.54, 1.807) is 12.1 Å². The molecule has 0 fully saturated rings. The third-order valence-electron chi connectivity index (χ3n) is 3.35. The van der Waals surface area contributed by atoms with Gasteiger partial charge in [0.15, 0.2) is 0 Å². The van der Waals surface area contributed by atoms with Crippen LogP contribution in [0.5, 0.6) is 0 Å². The second-order valence-corrected chi connectivity index (χ2v) is 6.40. The first-order chi connectivity index (χ1) is 9.99. The number of nitrogens with one attached hydrogen (secondary N) is 1. The molecule has 4 heteroatoms. The van der Waals surface area contributed by atoms with Gasteiger partial charge in [-0.1, -0.05) is 40.5 Å². The first kappa shape index (κ1) is 16.5. The molecule has 0 amide bonds. The lowest BCUT2D eigenvalue weighted by molar-refractivity contribution is 0.545. The molecule has 1 unspecified atom stereocenters. The van der Waals surface area contributed by atoms with Crippen molar-refractivity contribution >= 4 is 27.5 Å². The molecule has 0 spiro atoms. The summed E-state index contributed by atoms with van der Waals surface area (Å²) in [4.78, 5) is 0. The summed E-state index contributed by atoms with van der Waals surface area (Å²) >= 11 is 9.65. The predicted octanol–water partition coefficient (Wildman–Crippen LogP) is 5.44. The zero-order valence-electron chi connectivity index (χ0n) is 12.1. The Labute approximate surface area is 138 Å². The number of likely N-dealkylation sites (N-methyl/N-ethyl adjacent to an activating group) is 1. The fourth-order valence-electron chi connectivity index (χ4n) is 2.44. The highest BCUT2D eigenvalue weighted by Crippen LogP contribution is 2.27. The summed E-state index contributed by atoms with van der Waals surface area (Å²) in [5, 5.41) is 4.17. The van der Waals surface area contributed by atoms with Gasteiger partial charge in [-0.25, -0.2) is 4.39 Å². The van der Waals surface area contributed by atoms with E-state index in [0.717, 1.165) is 32.7 Å². The van der Waals surface area contributed by atoms with E-state index in [-0.39, 0.29) is 11.9 Å². The Morgan fingerprint density at radius 2 is 2.00 bits per heavy atom. The summed E-state index contributed by atoms with van der Waals surface area (Å²) in [6.45, 7) is 4.92. The van der Waals surface area contributed by atoms with Gasteiger partial charge in [-0.05, 0) is 66.9 Å². The topological polar surface area (TPSA) is 12.0 Å². The molecule has 0 aliphatic rings. The van der Waals surface area contributed by atoms with Crippen LogP contribution in [0.3, 0.4) is 0 Å². The van der Waals surface area contributed by atoms with Crippen molar-refractivity contribution in [2.45, 2.75) is 26.3 Å². The minimum absolute atomic E-state index is 0.102. The second kappa shape index (κ2) is 7.39. The Hall–Kier alpha value is -0.900. The maximum absolute atomic E-state index is 13.5. The number of benzene rings is 2. The van der Waals surface area contributed by atoms with E-state index < -0.39 is 0 Å². The van der Waals surface area contributed by atoms with Crippen LogP contribution in [0.2, 0.25) is 5.02 Å². The van der Waals surface area contributed by atoms with Crippen molar-refractivity contribution in [1.82, 2.24) is 5.32 Å². The molecule has 2 aromatic carbocycles. The van der Waals surface area contributed by atoms with E-state index in [1.165, 1.54) is 6.07 Å².